The van der Waals surface area contributed by atoms with E-state index in [-0.39, 0.29) is 5.56 Å². The summed E-state index contributed by atoms with van der Waals surface area (Å²) in [4.78, 5) is 12.4. The van der Waals surface area contributed by atoms with Crippen molar-refractivity contribution in [1.82, 2.24) is 3.96 Å². The first kappa shape index (κ1) is 13.7. The highest BCUT2D eigenvalue weighted by Gasteiger charge is 2.10. The van der Waals surface area contributed by atoms with Gasteiger partial charge in [-0.05, 0) is 24.3 Å². The van der Waals surface area contributed by atoms with Crippen molar-refractivity contribution < 1.29 is 9.47 Å². The number of ether oxygens (including phenoxy) is 2. The first-order valence-corrected chi connectivity index (χ1v) is 7.30. The van der Waals surface area contributed by atoms with Crippen LogP contribution < -0.4 is 15.0 Å². The molecule has 0 radical (unpaired) electrons. The molecule has 5 heteroatoms. The molecule has 0 saturated carbocycles. The van der Waals surface area contributed by atoms with Gasteiger partial charge in [-0.25, -0.2) is 0 Å². The van der Waals surface area contributed by atoms with Crippen molar-refractivity contribution in [2.24, 2.45) is 0 Å². The van der Waals surface area contributed by atoms with E-state index < -0.39 is 0 Å². The molecule has 3 aromatic rings. The van der Waals surface area contributed by atoms with Gasteiger partial charge < -0.3 is 9.47 Å². The van der Waals surface area contributed by atoms with Gasteiger partial charge in [0.2, 0.25) is 0 Å². The van der Waals surface area contributed by atoms with Crippen molar-refractivity contribution in [3.05, 3.63) is 58.4 Å². The lowest BCUT2D eigenvalue weighted by atomic mass is 10.2. The molecule has 108 valence electrons. The molecule has 2 aromatic carbocycles. The number of hydrogen-bond acceptors (Lipinski definition) is 4. The van der Waals surface area contributed by atoms with Crippen LogP contribution in [0.1, 0.15) is 5.56 Å². The van der Waals surface area contributed by atoms with E-state index >= 15 is 0 Å². The van der Waals surface area contributed by atoms with Crippen molar-refractivity contribution in [2.45, 2.75) is 6.54 Å². The monoisotopic (exact) mass is 301 g/mol. The summed E-state index contributed by atoms with van der Waals surface area (Å²) >= 11 is 1.47. The molecule has 0 aliphatic rings. The predicted octanol–water partition coefficient (Wildman–Crippen LogP) is 3.13. The maximum atomic E-state index is 12.4. The molecule has 0 saturated heterocycles. The highest BCUT2D eigenvalue weighted by molar-refractivity contribution is 7.13. The number of benzene rings is 2. The van der Waals surface area contributed by atoms with Gasteiger partial charge in [0, 0.05) is 11.6 Å². The molecule has 0 aliphatic heterocycles. The van der Waals surface area contributed by atoms with Gasteiger partial charge in [-0.2, -0.15) is 0 Å². The van der Waals surface area contributed by atoms with Crippen molar-refractivity contribution >= 4 is 21.6 Å². The second-order valence-electron chi connectivity index (χ2n) is 4.61. The lowest BCUT2D eigenvalue weighted by Crippen LogP contribution is -2.14. The van der Waals surface area contributed by atoms with Crippen LogP contribution in [0.5, 0.6) is 11.5 Å². The minimum absolute atomic E-state index is 0.0356. The van der Waals surface area contributed by atoms with Crippen LogP contribution in [0.25, 0.3) is 10.1 Å². The molecule has 1 heterocycles. The highest BCUT2D eigenvalue weighted by Crippen LogP contribution is 2.26. The minimum Gasteiger partial charge on any atom is -0.497 e. The van der Waals surface area contributed by atoms with Gasteiger partial charge in [-0.1, -0.05) is 23.7 Å². The van der Waals surface area contributed by atoms with Crippen molar-refractivity contribution in [3.63, 3.8) is 0 Å². The molecule has 0 aliphatic carbocycles. The summed E-state index contributed by atoms with van der Waals surface area (Å²) < 4.78 is 13.3. The normalized spacial score (nSPS) is 10.8. The molecule has 0 amide bonds. The van der Waals surface area contributed by atoms with Crippen LogP contribution in [-0.2, 0) is 6.54 Å². The van der Waals surface area contributed by atoms with Crippen LogP contribution in [-0.4, -0.2) is 18.2 Å². The highest BCUT2D eigenvalue weighted by atomic mass is 32.1. The molecule has 1 aromatic heterocycles. The summed E-state index contributed by atoms with van der Waals surface area (Å²) in [7, 11) is 3.23. The van der Waals surface area contributed by atoms with Crippen LogP contribution >= 0.6 is 11.5 Å². The number of rotatable bonds is 4. The molecule has 4 nitrogen and oxygen atoms in total. The Morgan fingerprint density at radius 1 is 1.10 bits per heavy atom. The average molecular weight is 301 g/mol. The van der Waals surface area contributed by atoms with E-state index in [2.05, 4.69) is 0 Å². The third kappa shape index (κ3) is 2.52. The predicted molar refractivity (Wildman–Crippen MR) is 84.7 cm³/mol. The van der Waals surface area contributed by atoms with E-state index in [1.54, 1.807) is 18.2 Å². The zero-order chi connectivity index (χ0) is 14.8. The lowest BCUT2D eigenvalue weighted by molar-refractivity contribution is 0.390. The summed E-state index contributed by atoms with van der Waals surface area (Å²) in [5, 5.41) is 0.759. The molecule has 21 heavy (non-hydrogen) atoms. The second kappa shape index (κ2) is 5.61. The Bertz CT molecular complexity index is 835. The Labute approximate surface area is 126 Å². The van der Waals surface area contributed by atoms with Gasteiger partial charge in [0.05, 0.1) is 30.9 Å². The smallest absolute Gasteiger partial charge is 0.268 e. The summed E-state index contributed by atoms with van der Waals surface area (Å²) in [6.07, 6.45) is 0. The molecule has 0 spiro atoms. The fourth-order valence-corrected chi connectivity index (χ4v) is 3.27. The zero-order valence-corrected chi connectivity index (χ0v) is 12.6. The number of fused-ring (bicyclic) bond motifs is 1. The summed E-state index contributed by atoms with van der Waals surface area (Å²) in [6, 6.07) is 13.3. The standard InChI is InChI=1S/C16H15NO3S/c1-19-12-8-7-11(14(9-12)20-2)10-17-16(18)13-5-3-4-6-15(13)21-17/h3-9H,10H2,1-2H3. The Morgan fingerprint density at radius 2 is 1.90 bits per heavy atom. The number of aromatic nitrogens is 1. The van der Waals surface area contributed by atoms with Crippen LogP contribution in [0.15, 0.2) is 47.3 Å². The minimum atomic E-state index is 0.0356. The van der Waals surface area contributed by atoms with Gasteiger partial charge in [-0.15, -0.1) is 0 Å². The van der Waals surface area contributed by atoms with E-state index in [4.69, 9.17) is 9.47 Å². The SMILES string of the molecule is COc1ccc(Cn2sc3ccccc3c2=O)c(OC)c1. The van der Waals surface area contributed by atoms with Gasteiger partial charge in [0.25, 0.3) is 5.56 Å². The number of methoxy groups -OCH3 is 2. The van der Waals surface area contributed by atoms with E-state index in [9.17, 15) is 4.79 Å². The van der Waals surface area contributed by atoms with Crippen molar-refractivity contribution in [2.75, 3.05) is 14.2 Å². The Hall–Kier alpha value is -2.27. The Balaban J connectivity index is 2.02. The average Bonchev–Trinajstić information content (AvgIpc) is 2.84. The van der Waals surface area contributed by atoms with Crippen LogP contribution in [0.4, 0.5) is 0 Å². The molecule has 0 unspecified atom stereocenters. The fraction of sp³-hybridized carbons (Fsp3) is 0.188. The lowest BCUT2D eigenvalue weighted by Gasteiger charge is -2.10. The Kier molecular flexibility index (Phi) is 3.66. The van der Waals surface area contributed by atoms with Gasteiger partial charge in [0.1, 0.15) is 11.5 Å². The second-order valence-corrected chi connectivity index (χ2v) is 5.67. The molecule has 0 fully saturated rings. The maximum absolute atomic E-state index is 12.4. The first-order chi connectivity index (χ1) is 10.2. The third-order valence-electron chi connectivity index (χ3n) is 3.36. The summed E-state index contributed by atoms with van der Waals surface area (Å²) in [5.74, 6) is 1.46. The molecular weight excluding hydrogens is 286 g/mol. The summed E-state index contributed by atoms with van der Waals surface area (Å²) in [5.41, 5.74) is 0.987. The maximum Gasteiger partial charge on any atom is 0.268 e. The van der Waals surface area contributed by atoms with Gasteiger partial charge in [0.15, 0.2) is 0 Å². The topological polar surface area (TPSA) is 40.5 Å². The zero-order valence-electron chi connectivity index (χ0n) is 11.8. The molecule has 0 N–H and O–H groups in total. The first-order valence-electron chi connectivity index (χ1n) is 6.52. The molecule has 0 bridgehead atoms. The number of hydrogen-bond donors (Lipinski definition) is 0. The molecular formula is C16H15NO3S. The quantitative estimate of drug-likeness (QED) is 0.743. The van der Waals surface area contributed by atoms with Gasteiger partial charge >= 0.3 is 0 Å². The van der Waals surface area contributed by atoms with Crippen LogP contribution in [0.2, 0.25) is 0 Å². The van der Waals surface area contributed by atoms with Crippen LogP contribution in [0, 0.1) is 0 Å². The fourth-order valence-electron chi connectivity index (χ4n) is 2.26. The molecule has 0 atom stereocenters. The largest absolute Gasteiger partial charge is 0.497 e. The van der Waals surface area contributed by atoms with E-state index in [1.807, 2.05) is 42.5 Å². The summed E-state index contributed by atoms with van der Waals surface area (Å²) in [6.45, 7) is 0.491. The molecule has 3 rings (SSSR count). The van der Waals surface area contributed by atoms with Crippen LogP contribution in [0.3, 0.4) is 0 Å². The van der Waals surface area contributed by atoms with Crippen molar-refractivity contribution in [3.8, 4) is 11.5 Å². The van der Waals surface area contributed by atoms with Crippen molar-refractivity contribution in [1.29, 1.82) is 0 Å². The van der Waals surface area contributed by atoms with E-state index in [0.717, 1.165) is 27.1 Å². The van der Waals surface area contributed by atoms with Gasteiger partial charge in [-0.3, -0.25) is 8.75 Å². The Morgan fingerprint density at radius 3 is 2.62 bits per heavy atom. The third-order valence-corrected chi connectivity index (χ3v) is 4.43. The van der Waals surface area contributed by atoms with E-state index in [0.29, 0.717) is 6.54 Å². The van der Waals surface area contributed by atoms with E-state index in [1.165, 1.54) is 11.5 Å². The number of nitrogens with zero attached hydrogens (tertiary/aromatic N) is 1.